The predicted molar refractivity (Wildman–Crippen MR) is 202 cm³/mol. The van der Waals surface area contributed by atoms with Crippen molar-refractivity contribution in [3.63, 3.8) is 0 Å². The van der Waals surface area contributed by atoms with Gasteiger partial charge in [-0.1, -0.05) is 48.5 Å². The molecular formula is C43H48F4N6O2. The fourth-order valence-electron chi connectivity index (χ4n) is 10.4. The average molecular weight is 757 g/mol. The van der Waals surface area contributed by atoms with Crippen molar-refractivity contribution >= 4 is 17.5 Å². The molecule has 7 aliphatic rings. The van der Waals surface area contributed by atoms with Gasteiger partial charge in [-0.05, 0) is 119 Å². The van der Waals surface area contributed by atoms with Gasteiger partial charge in [-0.25, -0.2) is 0 Å². The summed E-state index contributed by atoms with van der Waals surface area (Å²) in [5.41, 5.74) is -0.649. The third kappa shape index (κ3) is 6.75. The number of likely N-dealkylation sites (N-methyl/N-ethyl adjacent to an activating group) is 2. The largest absolute Gasteiger partial charge is 0.418 e. The number of piperidine rings is 4. The number of rotatable bonds is 9. The van der Waals surface area contributed by atoms with Crippen LogP contribution in [0.25, 0.3) is 0 Å². The molecule has 2 N–H and O–H groups in total. The topological polar surface area (TPSA) is 80.8 Å². The van der Waals surface area contributed by atoms with Crippen LogP contribution in [0.15, 0.2) is 96.6 Å². The summed E-state index contributed by atoms with van der Waals surface area (Å²) in [5, 5.41) is 6.26. The number of carbonyl (C=O) groups excluding carboxylic acids is 2. The van der Waals surface area contributed by atoms with E-state index in [1.165, 1.54) is 23.2 Å². The van der Waals surface area contributed by atoms with Crippen molar-refractivity contribution in [3.05, 3.63) is 119 Å². The third-order valence-corrected chi connectivity index (χ3v) is 13.4. The molecule has 8 nitrogen and oxygen atoms in total. The Morgan fingerprint density at radius 1 is 0.782 bits per heavy atom. The molecule has 6 fully saturated rings. The summed E-state index contributed by atoms with van der Waals surface area (Å²) in [6.07, 6.45) is 7.12. The molecule has 1 aromatic heterocycles. The second-order valence-corrected chi connectivity index (χ2v) is 16.3. The number of carbonyl (C=O) groups is 2. The number of hydrogen-bond acceptors (Lipinski definition) is 6. The number of nitrogens with zero attached hydrogens (tertiary/aromatic N) is 4. The van der Waals surface area contributed by atoms with E-state index < -0.39 is 46.8 Å². The third-order valence-electron chi connectivity index (χ3n) is 13.4. The number of halogens is 4. The number of nitrogens with one attached hydrogen (secondary N) is 2. The quantitative estimate of drug-likeness (QED) is 0.172. The highest BCUT2D eigenvalue weighted by Crippen LogP contribution is 2.51. The van der Waals surface area contributed by atoms with Gasteiger partial charge in [0.25, 0.3) is 11.8 Å². The SMILES string of the molecule is CN1CC2CCC1(C(NC(=O)C1=C(F)N(c3cccc(C(NC(=O)c4ncccc4C(F)(F)F)C45CCC(CC4)CN5C)c3)CC=C1)c1ccccc1)CC2. The summed E-state index contributed by atoms with van der Waals surface area (Å²) < 4.78 is 58.8. The molecule has 3 aromatic rings. The standard InChI is InChI=1S/C43H48F4N6O2/c1-51-26-28-15-19-41(51,20-16-28)36(30-9-4-3-5-10-30)49-39(54)33-13-8-24-53(38(33)44)32-12-6-11-31(25-32)37(42-21-17-29(18-22-42)27-52(42)2)50-40(55)35-34(43(45,46)47)14-7-23-48-35/h3-14,23,25,28-29,36-37H,15-22,24,26-27H2,1-2H3,(H,49,54)(H,50,55). The van der Waals surface area contributed by atoms with Crippen molar-refractivity contribution < 1.29 is 27.2 Å². The Morgan fingerprint density at radius 2 is 1.36 bits per heavy atom. The zero-order valence-electron chi connectivity index (χ0n) is 31.3. The van der Waals surface area contributed by atoms with E-state index in [2.05, 4.69) is 32.5 Å². The Bertz CT molecular complexity index is 1980. The molecule has 5 aliphatic heterocycles. The summed E-state index contributed by atoms with van der Waals surface area (Å²) in [7, 11) is 4.12. The van der Waals surface area contributed by atoms with E-state index in [1.54, 1.807) is 24.3 Å². The van der Waals surface area contributed by atoms with Crippen LogP contribution >= 0.6 is 0 Å². The van der Waals surface area contributed by atoms with Crippen LogP contribution in [0, 0.1) is 11.8 Å². The Kier molecular flexibility index (Phi) is 9.86. The van der Waals surface area contributed by atoms with E-state index in [0.717, 1.165) is 76.1 Å². The molecule has 4 saturated heterocycles. The lowest BCUT2D eigenvalue weighted by atomic mass is 9.65. The number of benzene rings is 2. The maximum Gasteiger partial charge on any atom is 0.418 e. The molecule has 290 valence electrons. The molecule has 0 spiro atoms. The van der Waals surface area contributed by atoms with Crippen molar-refractivity contribution in [3.8, 4) is 0 Å². The number of amides is 2. The monoisotopic (exact) mass is 756 g/mol. The number of anilines is 1. The van der Waals surface area contributed by atoms with Crippen LogP contribution in [0.3, 0.4) is 0 Å². The number of pyridine rings is 1. The molecule has 2 aromatic carbocycles. The van der Waals surface area contributed by atoms with Crippen molar-refractivity contribution in [2.45, 2.75) is 80.7 Å². The predicted octanol–water partition coefficient (Wildman–Crippen LogP) is 7.74. The highest BCUT2D eigenvalue weighted by molar-refractivity contribution is 5.98. The lowest BCUT2D eigenvalue weighted by molar-refractivity contribution is -0.138. The highest BCUT2D eigenvalue weighted by Gasteiger charge is 2.52. The van der Waals surface area contributed by atoms with Gasteiger partial charge in [0.1, 0.15) is 5.69 Å². The zero-order chi connectivity index (χ0) is 38.5. The van der Waals surface area contributed by atoms with Gasteiger partial charge in [0.15, 0.2) is 0 Å². The summed E-state index contributed by atoms with van der Waals surface area (Å²) >= 11 is 0. The van der Waals surface area contributed by atoms with Gasteiger partial charge in [-0.2, -0.15) is 17.6 Å². The number of aromatic nitrogens is 1. The van der Waals surface area contributed by atoms with E-state index in [9.17, 15) is 22.8 Å². The fraction of sp³-hybridized carbons (Fsp3) is 0.465. The molecule has 2 atom stereocenters. The van der Waals surface area contributed by atoms with Crippen LogP contribution in [0.5, 0.6) is 0 Å². The van der Waals surface area contributed by atoms with Crippen molar-refractivity contribution in [2.75, 3.05) is 38.6 Å². The minimum atomic E-state index is -4.77. The fourth-order valence-corrected chi connectivity index (χ4v) is 10.4. The van der Waals surface area contributed by atoms with Crippen molar-refractivity contribution in [1.29, 1.82) is 0 Å². The minimum absolute atomic E-state index is 0.0789. The Balaban J connectivity index is 1.12. The Morgan fingerprint density at radius 3 is 1.96 bits per heavy atom. The van der Waals surface area contributed by atoms with Gasteiger partial charge in [0.05, 0.1) is 23.2 Å². The summed E-state index contributed by atoms with van der Waals surface area (Å²) in [6, 6.07) is 18.0. The normalized spacial score (nSPS) is 27.9. The molecule has 0 radical (unpaired) electrons. The van der Waals surface area contributed by atoms with Crippen LogP contribution in [0.4, 0.5) is 23.2 Å². The van der Waals surface area contributed by atoms with Gasteiger partial charge < -0.3 is 15.5 Å². The first-order valence-corrected chi connectivity index (χ1v) is 19.4. The van der Waals surface area contributed by atoms with E-state index in [-0.39, 0.29) is 23.7 Å². The molecule has 2 aliphatic carbocycles. The van der Waals surface area contributed by atoms with Gasteiger partial charge in [-0.3, -0.25) is 24.4 Å². The molecule has 4 bridgehead atoms. The van der Waals surface area contributed by atoms with Crippen LogP contribution in [-0.2, 0) is 11.0 Å². The van der Waals surface area contributed by atoms with Gasteiger partial charge in [-0.15, -0.1) is 0 Å². The maximum absolute atomic E-state index is 16.8. The number of fused-ring (bicyclic) bond motifs is 6. The zero-order valence-corrected chi connectivity index (χ0v) is 31.3. The van der Waals surface area contributed by atoms with E-state index >= 15 is 4.39 Å². The molecule has 2 amide bonds. The lowest BCUT2D eigenvalue weighted by Crippen LogP contribution is -2.62. The smallest absolute Gasteiger partial charge is 0.343 e. The van der Waals surface area contributed by atoms with Crippen molar-refractivity contribution in [2.24, 2.45) is 11.8 Å². The van der Waals surface area contributed by atoms with E-state index in [4.69, 9.17) is 0 Å². The van der Waals surface area contributed by atoms with Crippen LogP contribution in [0.2, 0.25) is 0 Å². The highest BCUT2D eigenvalue weighted by atomic mass is 19.4. The van der Waals surface area contributed by atoms with Crippen molar-refractivity contribution in [1.82, 2.24) is 25.4 Å². The molecule has 10 rings (SSSR count). The lowest BCUT2D eigenvalue weighted by Gasteiger charge is -2.57. The molecule has 2 saturated carbocycles. The molecular weight excluding hydrogens is 709 g/mol. The molecule has 55 heavy (non-hydrogen) atoms. The van der Waals surface area contributed by atoms with Crippen LogP contribution < -0.4 is 15.5 Å². The Hall–Kier alpha value is -4.55. The first-order chi connectivity index (χ1) is 26.4. The van der Waals surface area contributed by atoms with Gasteiger partial charge in [0.2, 0.25) is 5.95 Å². The maximum atomic E-state index is 16.8. The molecule has 6 heterocycles. The first kappa shape index (κ1) is 37.4. The second-order valence-electron chi connectivity index (χ2n) is 16.3. The molecule has 12 heteroatoms. The van der Waals surface area contributed by atoms with Gasteiger partial charge in [0, 0.05) is 42.6 Å². The first-order valence-electron chi connectivity index (χ1n) is 19.4. The molecule has 2 unspecified atom stereocenters. The average Bonchev–Trinajstić information content (AvgIpc) is 3.20. The number of alkyl halides is 3. The minimum Gasteiger partial charge on any atom is -0.343 e. The summed E-state index contributed by atoms with van der Waals surface area (Å²) in [6.45, 7) is 1.93. The summed E-state index contributed by atoms with van der Waals surface area (Å²) in [5.74, 6) is -0.952. The van der Waals surface area contributed by atoms with E-state index in [1.807, 2.05) is 43.4 Å². The summed E-state index contributed by atoms with van der Waals surface area (Å²) in [4.78, 5) is 37.9. The van der Waals surface area contributed by atoms with Crippen LogP contribution in [0.1, 0.15) is 90.6 Å². The number of hydrogen-bond donors (Lipinski definition) is 2. The second kappa shape index (κ2) is 14.5. The Labute approximate surface area is 319 Å². The van der Waals surface area contributed by atoms with E-state index in [0.29, 0.717) is 23.1 Å². The van der Waals surface area contributed by atoms with Gasteiger partial charge >= 0.3 is 6.18 Å². The van der Waals surface area contributed by atoms with Crippen LogP contribution in [-0.4, -0.2) is 71.4 Å².